The van der Waals surface area contributed by atoms with E-state index in [2.05, 4.69) is 15.9 Å². The lowest BCUT2D eigenvalue weighted by Gasteiger charge is -2.03. The molecule has 0 saturated carbocycles. The summed E-state index contributed by atoms with van der Waals surface area (Å²) in [6, 6.07) is 12.3. The van der Waals surface area contributed by atoms with Gasteiger partial charge in [-0.05, 0) is 30.0 Å². The molecular formula is C13H10BrNO2S. The fourth-order valence-electron chi connectivity index (χ4n) is 1.38. The molecule has 0 spiro atoms. The molecule has 18 heavy (non-hydrogen) atoms. The Labute approximate surface area is 118 Å². The van der Waals surface area contributed by atoms with E-state index in [0.29, 0.717) is 10.6 Å². The zero-order valence-corrected chi connectivity index (χ0v) is 11.8. The van der Waals surface area contributed by atoms with Crippen molar-refractivity contribution in [1.82, 2.24) is 0 Å². The quantitative estimate of drug-likeness (QED) is 0.376. The number of hydrogen-bond donors (Lipinski definition) is 0. The highest BCUT2D eigenvalue weighted by Crippen LogP contribution is 2.16. The Balaban J connectivity index is 2.01. The number of aromatic nitrogens is 1. The lowest BCUT2D eigenvalue weighted by Crippen LogP contribution is -2.28. The number of pyridine rings is 1. The lowest BCUT2D eigenvalue weighted by molar-refractivity contribution is -0.645. The number of ketones is 1. The number of nitrogens with zero attached hydrogens (tertiary/aromatic N) is 1. The fraction of sp³-hybridized carbons (Fsp3) is 0.0769. The number of Topliss-reactive ketones (excluding diaryl/α,β-unsaturated/α-hetero) is 1. The molecule has 1 heterocycles. The highest BCUT2D eigenvalue weighted by atomic mass is 79.9. The second-order valence-corrected chi connectivity index (χ2v) is 5.49. The van der Waals surface area contributed by atoms with Gasteiger partial charge in [-0.3, -0.25) is 4.79 Å². The molecule has 0 bridgehead atoms. The van der Waals surface area contributed by atoms with Crippen molar-refractivity contribution in [3.63, 3.8) is 0 Å². The topological polar surface area (TPSA) is 44.0 Å². The molecule has 0 radical (unpaired) electrons. The Morgan fingerprint density at radius 1 is 1.22 bits per heavy atom. The van der Waals surface area contributed by atoms with Crippen LogP contribution < -0.4 is 4.73 Å². The third-order valence-corrected chi connectivity index (χ3v) is 3.85. The maximum Gasteiger partial charge on any atom is 0.251 e. The van der Waals surface area contributed by atoms with Crippen molar-refractivity contribution in [3.05, 3.63) is 63.9 Å². The van der Waals surface area contributed by atoms with Gasteiger partial charge in [0, 0.05) is 22.2 Å². The van der Waals surface area contributed by atoms with E-state index in [4.69, 9.17) is 0 Å². The average molecular weight is 324 g/mol. The van der Waals surface area contributed by atoms with Gasteiger partial charge in [-0.25, -0.2) is 0 Å². The van der Waals surface area contributed by atoms with Gasteiger partial charge in [-0.1, -0.05) is 28.1 Å². The zero-order valence-electron chi connectivity index (χ0n) is 9.38. The van der Waals surface area contributed by atoms with Crippen molar-refractivity contribution >= 4 is 33.5 Å². The number of halogens is 1. The summed E-state index contributed by atoms with van der Waals surface area (Å²) >= 11 is 4.56. The van der Waals surface area contributed by atoms with E-state index in [0.717, 1.165) is 9.20 Å². The molecule has 2 rings (SSSR count). The molecule has 0 saturated heterocycles. The average Bonchev–Trinajstić information content (AvgIpc) is 2.38. The summed E-state index contributed by atoms with van der Waals surface area (Å²) < 4.78 is 1.70. The first-order valence-electron chi connectivity index (χ1n) is 5.26. The van der Waals surface area contributed by atoms with Crippen LogP contribution in [0.25, 0.3) is 0 Å². The van der Waals surface area contributed by atoms with E-state index in [1.54, 1.807) is 30.3 Å². The Hall–Kier alpha value is -1.33. The van der Waals surface area contributed by atoms with Crippen molar-refractivity contribution < 1.29 is 9.52 Å². The molecule has 1 aromatic carbocycles. The van der Waals surface area contributed by atoms with Crippen LogP contribution in [0.15, 0.2) is 58.2 Å². The molecule has 0 amide bonds. The molecule has 2 aromatic rings. The molecule has 0 aliphatic carbocycles. The molecule has 0 aliphatic heterocycles. The van der Waals surface area contributed by atoms with Crippen molar-refractivity contribution in [1.29, 1.82) is 0 Å². The summed E-state index contributed by atoms with van der Waals surface area (Å²) in [7, 11) is 0. The summed E-state index contributed by atoms with van der Waals surface area (Å²) in [5, 5.41) is 11.9. The number of thioether (sulfide) groups is 1. The Kier molecular flexibility index (Phi) is 4.38. The van der Waals surface area contributed by atoms with E-state index < -0.39 is 0 Å². The fourth-order valence-corrected chi connectivity index (χ4v) is 2.46. The zero-order chi connectivity index (χ0) is 13.0. The van der Waals surface area contributed by atoms with Crippen molar-refractivity contribution in [3.8, 4) is 0 Å². The van der Waals surface area contributed by atoms with E-state index in [1.165, 1.54) is 18.0 Å². The minimum absolute atomic E-state index is 0.0105. The van der Waals surface area contributed by atoms with Gasteiger partial charge in [0.2, 0.25) is 0 Å². The van der Waals surface area contributed by atoms with E-state index in [-0.39, 0.29) is 11.5 Å². The summed E-state index contributed by atoms with van der Waals surface area (Å²) in [5.41, 5.74) is 0.652. The van der Waals surface area contributed by atoms with Crippen LogP contribution in [0.3, 0.4) is 0 Å². The predicted octanol–water partition coefficient (Wildman–Crippen LogP) is 3.06. The highest BCUT2D eigenvalue weighted by Gasteiger charge is 2.10. The van der Waals surface area contributed by atoms with Crippen LogP contribution in [0.5, 0.6) is 0 Å². The normalized spacial score (nSPS) is 10.3. The van der Waals surface area contributed by atoms with Crippen LogP contribution in [0.4, 0.5) is 0 Å². The third-order valence-electron chi connectivity index (χ3n) is 2.31. The van der Waals surface area contributed by atoms with Gasteiger partial charge in [0.25, 0.3) is 5.03 Å². The number of carbonyl (C=O) groups excluding carboxylic acids is 1. The first-order chi connectivity index (χ1) is 8.66. The largest absolute Gasteiger partial charge is 0.618 e. The van der Waals surface area contributed by atoms with Gasteiger partial charge < -0.3 is 5.21 Å². The lowest BCUT2D eigenvalue weighted by atomic mass is 10.2. The van der Waals surface area contributed by atoms with Crippen molar-refractivity contribution in [2.24, 2.45) is 0 Å². The van der Waals surface area contributed by atoms with Crippen molar-refractivity contribution in [2.75, 3.05) is 5.75 Å². The highest BCUT2D eigenvalue weighted by molar-refractivity contribution is 9.10. The Bertz CT molecular complexity index is 557. The minimum Gasteiger partial charge on any atom is -0.618 e. The van der Waals surface area contributed by atoms with Crippen molar-refractivity contribution in [2.45, 2.75) is 5.03 Å². The minimum atomic E-state index is 0.0105. The molecular weight excluding hydrogens is 314 g/mol. The van der Waals surface area contributed by atoms with Gasteiger partial charge >= 0.3 is 0 Å². The molecule has 0 unspecified atom stereocenters. The molecule has 1 aromatic heterocycles. The van der Waals surface area contributed by atoms with Gasteiger partial charge in [-0.15, -0.1) is 0 Å². The Morgan fingerprint density at radius 2 is 1.94 bits per heavy atom. The van der Waals surface area contributed by atoms with Gasteiger partial charge in [0.1, 0.15) is 0 Å². The standard InChI is InChI=1S/C13H10BrNO2S/c14-11-6-4-10(5-7-11)12(16)9-18-13-3-1-2-8-15(13)17/h1-8H,9H2. The summed E-state index contributed by atoms with van der Waals surface area (Å²) in [4.78, 5) is 11.9. The maximum absolute atomic E-state index is 11.9. The first kappa shape index (κ1) is 13.1. The maximum atomic E-state index is 11.9. The second-order valence-electron chi connectivity index (χ2n) is 3.58. The van der Waals surface area contributed by atoms with Crippen LogP contribution in [-0.4, -0.2) is 11.5 Å². The molecule has 0 N–H and O–H groups in total. The number of benzene rings is 1. The number of rotatable bonds is 4. The summed E-state index contributed by atoms with van der Waals surface area (Å²) in [6.45, 7) is 0. The van der Waals surface area contributed by atoms with E-state index in [1.807, 2.05) is 12.1 Å². The third kappa shape index (κ3) is 3.34. The van der Waals surface area contributed by atoms with Crippen LogP contribution in [0, 0.1) is 5.21 Å². The second kappa shape index (κ2) is 6.02. The summed E-state index contributed by atoms with van der Waals surface area (Å²) in [5.74, 6) is 0.268. The first-order valence-corrected chi connectivity index (χ1v) is 7.04. The monoisotopic (exact) mass is 323 g/mol. The predicted molar refractivity (Wildman–Crippen MR) is 74.6 cm³/mol. The van der Waals surface area contributed by atoms with Gasteiger partial charge in [0.05, 0.1) is 5.75 Å². The van der Waals surface area contributed by atoms with Crippen LogP contribution in [0.2, 0.25) is 0 Å². The van der Waals surface area contributed by atoms with Crippen LogP contribution >= 0.6 is 27.7 Å². The molecule has 0 fully saturated rings. The SMILES string of the molecule is O=C(CSc1cccc[n+]1[O-])c1ccc(Br)cc1. The molecule has 0 atom stereocenters. The van der Waals surface area contributed by atoms with E-state index >= 15 is 0 Å². The molecule has 3 nitrogen and oxygen atoms in total. The van der Waals surface area contributed by atoms with Crippen LogP contribution in [-0.2, 0) is 0 Å². The smallest absolute Gasteiger partial charge is 0.251 e. The van der Waals surface area contributed by atoms with Crippen LogP contribution in [0.1, 0.15) is 10.4 Å². The number of carbonyl (C=O) groups is 1. The molecule has 5 heteroatoms. The Morgan fingerprint density at radius 3 is 2.61 bits per heavy atom. The number of hydrogen-bond acceptors (Lipinski definition) is 3. The molecule has 92 valence electrons. The molecule has 0 aliphatic rings. The van der Waals surface area contributed by atoms with Gasteiger partial charge in [-0.2, -0.15) is 4.73 Å². The van der Waals surface area contributed by atoms with E-state index in [9.17, 15) is 10.0 Å². The van der Waals surface area contributed by atoms with Gasteiger partial charge in [0.15, 0.2) is 12.0 Å². The summed E-state index contributed by atoms with van der Waals surface area (Å²) in [6.07, 6.45) is 1.42.